The van der Waals surface area contributed by atoms with Gasteiger partial charge in [-0.15, -0.1) is 0 Å². The lowest BCUT2D eigenvalue weighted by Gasteiger charge is -2.61. The van der Waals surface area contributed by atoms with Crippen molar-refractivity contribution in [3.8, 4) is 0 Å². The van der Waals surface area contributed by atoms with Crippen LogP contribution in [0.25, 0.3) is 0 Å². The molecule has 0 radical (unpaired) electrons. The van der Waals surface area contributed by atoms with Crippen LogP contribution in [0.15, 0.2) is 0 Å². The Bertz CT molecular complexity index is 533. The molecule has 130 valence electrons. The van der Waals surface area contributed by atoms with E-state index < -0.39 is 5.60 Å². The van der Waals surface area contributed by atoms with Crippen LogP contribution in [0.3, 0.4) is 0 Å². The number of hydrogen-bond acceptors (Lipinski definition) is 3. The molecule has 3 saturated carbocycles. The fourth-order valence-electron chi connectivity index (χ4n) is 6.79. The average Bonchev–Trinajstić information content (AvgIpc) is 2.72. The molecule has 1 aliphatic heterocycles. The highest BCUT2D eigenvalue weighted by molar-refractivity contribution is 9.09. The van der Waals surface area contributed by atoms with E-state index in [-0.39, 0.29) is 27.7 Å². The molecule has 0 amide bonds. The minimum absolute atomic E-state index is 0.0243. The van der Waals surface area contributed by atoms with E-state index in [9.17, 15) is 9.90 Å². The van der Waals surface area contributed by atoms with Crippen molar-refractivity contribution in [3.05, 3.63) is 0 Å². The van der Waals surface area contributed by atoms with Crippen LogP contribution in [-0.2, 0) is 9.53 Å². The second-order valence-corrected chi connectivity index (χ2v) is 10.5. The van der Waals surface area contributed by atoms with E-state index in [4.69, 9.17) is 4.74 Å². The van der Waals surface area contributed by atoms with Gasteiger partial charge in [0.25, 0.3) is 0 Å². The monoisotopic (exact) mass is 384 g/mol. The summed E-state index contributed by atoms with van der Waals surface area (Å²) in [6.45, 7) is 6.72. The van der Waals surface area contributed by atoms with Crippen LogP contribution in [0.1, 0.15) is 65.7 Å². The maximum absolute atomic E-state index is 11.8. The van der Waals surface area contributed by atoms with E-state index in [0.29, 0.717) is 24.2 Å². The Morgan fingerprint density at radius 2 is 1.83 bits per heavy atom. The van der Waals surface area contributed by atoms with Crippen LogP contribution >= 0.6 is 15.9 Å². The highest BCUT2D eigenvalue weighted by atomic mass is 79.9. The number of esters is 1. The number of halogens is 1. The van der Waals surface area contributed by atoms with Gasteiger partial charge in [0.2, 0.25) is 0 Å². The summed E-state index contributed by atoms with van der Waals surface area (Å²) in [7, 11) is 0. The summed E-state index contributed by atoms with van der Waals surface area (Å²) in [6, 6.07) is 0. The Kier molecular flexibility index (Phi) is 3.54. The Morgan fingerprint density at radius 3 is 2.57 bits per heavy atom. The summed E-state index contributed by atoms with van der Waals surface area (Å²) in [4.78, 5) is 12.1. The minimum Gasteiger partial charge on any atom is -0.461 e. The molecule has 0 aromatic heterocycles. The van der Waals surface area contributed by atoms with Crippen LogP contribution in [0, 0.1) is 28.6 Å². The van der Waals surface area contributed by atoms with Crippen molar-refractivity contribution < 1.29 is 14.6 Å². The zero-order valence-electron chi connectivity index (χ0n) is 14.5. The van der Waals surface area contributed by atoms with E-state index in [1.807, 2.05) is 0 Å². The van der Waals surface area contributed by atoms with Crippen LogP contribution < -0.4 is 0 Å². The van der Waals surface area contributed by atoms with Crippen molar-refractivity contribution >= 4 is 21.9 Å². The highest BCUT2D eigenvalue weighted by Gasteiger charge is 2.65. The van der Waals surface area contributed by atoms with E-state index in [2.05, 4.69) is 36.7 Å². The maximum atomic E-state index is 11.8. The highest BCUT2D eigenvalue weighted by Crippen LogP contribution is 2.67. The first-order valence-electron chi connectivity index (χ1n) is 9.25. The van der Waals surface area contributed by atoms with E-state index in [1.165, 1.54) is 0 Å². The summed E-state index contributed by atoms with van der Waals surface area (Å²) in [5, 5.41) is 11.0. The molecule has 0 aromatic carbocycles. The standard InChI is InChI=1S/C19H29BrO3/c1-17-7-6-15(21)23-16(17)14(20)10-11-12(17)4-8-18(2)13(11)5-9-19(18,3)22/h11-14,16,22H,4-10H2,1-3H3/t11?,12?,13?,14-,16?,17+,18-,19-/m0/s1. The van der Waals surface area contributed by atoms with Gasteiger partial charge in [-0.25, -0.2) is 0 Å². The van der Waals surface area contributed by atoms with Gasteiger partial charge in [0, 0.05) is 11.8 Å². The van der Waals surface area contributed by atoms with Crippen molar-refractivity contribution in [1.29, 1.82) is 0 Å². The zero-order valence-corrected chi connectivity index (χ0v) is 16.1. The number of rotatable bonds is 0. The lowest BCUT2D eigenvalue weighted by molar-refractivity contribution is -0.194. The first kappa shape index (κ1) is 16.4. The normalized spacial score (nSPS) is 58.8. The number of alkyl halides is 1. The summed E-state index contributed by atoms with van der Waals surface area (Å²) in [5.41, 5.74) is -0.378. The van der Waals surface area contributed by atoms with Gasteiger partial charge in [-0.1, -0.05) is 29.8 Å². The molecular weight excluding hydrogens is 356 g/mol. The predicted octanol–water partition coefficient (Wildman–Crippen LogP) is 4.06. The lowest BCUT2D eigenvalue weighted by atomic mass is 9.47. The first-order valence-corrected chi connectivity index (χ1v) is 10.2. The zero-order chi connectivity index (χ0) is 16.6. The molecule has 4 fully saturated rings. The quantitative estimate of drug-likeness (QED) is 0.505. The topological polar surface area (TPSA) is 46.5 Å². The number of hydrogen-bond donors (Lipinski definition) is 1. The molecule has 3 nitrogen and oxygen atoms in total. The average molecular weight is 385 g/mol. The van der Waals surface area contributed by atoms with Crippen molar-refractivity contribution in [3.63, 3.8) is 0 Å². The third-order valence-corrected chi connectivity index (χ3v) is 9.30. The van der Waals surface area contributed by atoms with Crippen molar-refractivity contribution in [1.82, 2.24) is 0 Å². The van der Waals surface area contributed by atoms with Crippen LogP contribution in [0.5, 0.6) is 0 Å². The Labute approximate surface area is 147 Å². The molecule has 0 bridgehead atoms. The second-order valence-electron chi connectivity index (χ2n) is 9.31. The fraction of sp³-hybridized carbons (Fsp3) is 0.947. The molecule has 0 aromatic rings. The van der Waals surface area contributed by atoms with Gasteiger partial charge in [-0.2, -0.15) is 0 Å². The van der Waals surface area contributed by atoms with Gasteiger partial charge < -0.3 is 9.84 Å². The molecule has 8 atom stereocenters. The van der Waals surface area contributed by atoms with Gasteiger partial charge in [0.1, 0.15) is 6.10 Å². The summed E-state index contributed by atoms with van der Waals surface area (Å²) < 4.78 is 5.80. The van der Waals surface area contributed by atoms with Crippen LogP contribution in [0.2, 0.25) is 0 Å². The van der Waals surface area contributed by atoms with Crippen LogP contribution in [-0.4, -0.2) is 27.6 Å². The van der Waals surface area contributed by atoms with E-state index in [0.717, 1.165) is 38.5 Å². The third kappa shape index (κ3) is 2.06. The molecule has 4 aliphatic rings. The third-order valence-electron chi connectivity index (χ3n) is 8.45. The molecule has 4 rings (SSSR count). The first-order chi connectivity index (χ1) is 10.7. The smallest absolute Gasteiger partial charge is 0.306 e. The molecule has 1 saturated heterocycles. The number of carbonyl (C=O) groups excluding carboxylic acids is 1. The second kappa shape index (κ2) is 4.97. The van der Waals surface area contributed by atoms with Gasteiger partial charge >= 0.3 is 5.97 Å². The molecular formula is C19H29BrO3. The van der Waals surface area contributed by atoms with Gasteiger partial charge in [-0.3, -0.25) is 4.79 Å². The largest absolute Gasteiger partial charge is 0.461 e. The fourth-order valence-corrected chi connectivity index (χ4v) is 7.94. The predicted molar refractivity (Wildman–Crippen MR) is 92.2 cm³/mol. The van der Waals surface area contributed by atoms with Crippen molar-refractivity contribution in [2.45, 2.75) is 82.2 Å². The van der Waals surface area contributed by atoms with Gasteiger partial charge in [-0.05, 0) is 68.6 Å². The molecule has 0 spiro atoms. The lowest BCUT2D eigenvalue weighted by Crippen LogP contribution is -2.61. The Balaban J connectivity index is 1.69. The number of aliphatic hydroxyl groups is 1. The molecule has 1 heterocycles. The molecule has 4 unspecified atom stereocenters. The molecule has 3 aliphatic carbocycles. The summed E-state index contributed by atoms with van der Waals surface area (Å²) in [5.74, 6) is 1.85. The molecule has 4 heteroatoms. The SMILES string of the molecule is C[C@]12CCC(=O)OC1[C@@H](Br)CC1C2CC[C@@]2(C)C1CC[C@]2(C)O. The number of fused-ring (bicyclic) bond motifs is 5. The van der Waals surface area contributed by atoms with Crippen molar-refractivity contribution in [2.75, 3.05) is 0 Å². The Morgan fingerprint density at radius 1 is 1.13 bits per heavy atom. The van der Waals surface area contributed by atoms with Gasteiger partial charge in [0.15, 0.2) is 0 Å². The molecule has 1 N–H and O–H groups in total. The van der Waals surface area contributed by atoms with E-state index >= 15 is 0 Å². The maximum Gasteiger partial charge on any atom is 0.306 e. The van der Waals surface area contributed by atoms with Crippen LogP contribution in [0.4, 0.5) is 0 Å². The number of ether oxygens (including phenoxy) is 1. The molecule has 23 heavy (non-hydrogen) atoms. The minimum atomic E-state index is -0.527. The van der Waals surface area contributed by atoms with Gasteiger partial charge in [0.05, 0.1) is 10.4 Å². The Hall–Kier alpha value is -0.0900. The summed E-state index contributed by atoms with van der Waals surface area (Å²) >= 11 is 3.86. The summed E-state index contributed by atoms with van der Waals surface area (Å²) in [6.07, 6.45) is 6.97. The van der Waals surface area contributed by atoms with Crippen molar-refractivity contribution in [2.24, 2.45) is 28.6 Å². The number of carbonyl (C=O) groups is 1. The van der Waals surface area contributed by atoms with E-state index in [1.54, 1.807) is 0 Å².